The maximum absolute atomic E-state index is 10.8. The number of fused-ring (bicyclic) bond motifs is 1. The van der Waals surface area contributed by atoms with Gasteiger partial charge in [0.1, 0.15) is 18.7 Å². The predicted molar refractivity (Wildman–Crippen MR) is 72.4 cm³/mol. The van der Waals surface area contributed by atoms with Crippen molar-refractivity contribution in [2.24, 2.45) is 0 Å². The van der Waals surface area contributed by atoms with Crippen molar-refractivity contribution in [3.63, 3.8) is 0 Å². The van der Waals surface area contributed by atoms with Gasteiger partial charge in [0.05, 0.1) is 0 Å². The van der Waals surface area contributed by atoms with Gasteiger partial charge >= 0.3 is 0 Å². The molecular weight excluding hydrogens is 240 g/mol. The molecule has 2 aromatic rings. The van der Waals surface area contributed by atoms with Crippen LogP contribution in [0.5, 0.6) is 11.5 Å². The second-order valence-electron chi connectivity index (χ2n) is 4.24. The molecule has 94 valence electrons. The van der Waals surface area contributed by atoms with Gasteiger partial charge in [0.25, 0.3) is 0 Å². The Morgan fingerprint density at radius 1 is 0.947 bits per heavy atom. The summed E-state index contributed by atoms with van der Waals surface area (Å²) in [4.78, 5) is 10.8. The first-order chi connectivity index (χ1) is 9.35. The molecule has 0 unspecified atom stereocenters. The van der Waals surface area contributed by atoms with Gasteiger partial charge in [-0.05, 0) is 29.8 Å². The van der Waals surface area contributed by atoms with Crippen molar-refractivity contribution in [3.8, 4) is 11.5 Å². The van der Waals surface area contributed by atoms with Gasteiger partial charge in [-0.2, -0.15) is 0 Å². The highest BCUT2D eigenvalue weighted by Gasteiger charge is 2.16. The molecule has 0 saturated carbocycles. The Morgan fingerprint density at radius 3 is 2.58 bits per heavy atom. The van der Waals surface area contributed by atoms with Gasteiger partial charge in [-0.1, -0.05) is 30.3 Å². The van der Waals surface area contributed by atoms with Gasteiger partial charge in [-0.15, -0.1) is 0 Å². The van der Waals surface area contributed by atoms with Gasteiger partial charge in [0.15, 0.2) is 11.5 Å². The fourth-order valence-corrected chi connectivity index (χ4v) is 1.92. The van der Waals surface area contributed by atoms with Crippen LogP contribution in [0.15, 0.2) is 54.3 Å². The van der Waals surface area contributed by atoms with Gasteiger partial charge in [0, 0.05) is 5.56 Å². The van der Waals surface area contributed by atoms with E-state index in [2.05, 4.69) is 0 Å². The quantitative estimate of drug-likeness (QED) is 0.769. The van der Waals surface area contributed by atoms with E-state index in [1.807, 2.05) is 36.4 Å². The molecule has 0 N–H and O–H groups in total. The van der Waals surface area contributed by atoms with Gasteiger partial charge in [-0.3, -0.25) is 4.79 Å². The second-order valence-corrected chi connectivity index (χ2v) is 4.24. The third-order valence-corrected chi connectivity index (χ3v) is 2.84. The van der Waals surface area contributed by atoms with Crippen LogP contribution in [0, 0.1) is 0 Å². The van der Waals surface area contributed by atoms with Crippen molar-refractivity contribution in [1.29, 1.82) is 0 Å². The smallest absolute Gasteiger partial charge is 0.169 e. The number of ether oxygens (including phenoxy) is 2. The zero-order valence-electron chi connectivity index (χ0n) is 10.2. The molecule has 0 aliphatic carbocycles. The summed E-state index contributed by atoms with van der Waals surface area (Å²) in [5.41, 5.74) is 1.62. The Morgan fingerprint density at radius 2 is 1.79 bits per heavy atom. The number of benzene rings is 2. The molecule has 3 rings (SSSR count). The van der Waals surface area contributed by atoms with E-state index in [1.165, 1.54) is 0 Å². The Bertz CT molecular complexity index is 630. The molecular formula is C16H12O3. The molecule has 0 saturated heterocycles. The lowest BCUT2D eigenvalue weighted by Crippen LogP contribution is -2.13. The SMILES string of the molecule is O=Cc1ccc2c(c1)O/C(=C\c1ccccc1)CO2. The monoisotopic (exact) mass is 252 g/mol. The van der Waals surface area contributed by atoms with Crippen LogP contribution in [0.2, 0.25) is 0 Å². The summed E-state index contributed by atoms with van der Waals surface area (Å²) in [6, 6.07) is 15.0. The molecule has 3 nitrogen and oxygen atoms in total. The van der Waals surface area contributed by atoms with E-state index in [9.17, 15) is 4.79 Å². The summed E-state index contributed by atoms with van der Waals surface area (Å²) >= 11 is 0. The molecule has 0 bridgehead atoms. The maximum atomic E-state index is 10.8. The van der Waals surface area contributed by atoms with Crippen molar-refractivity contribution >= 4 is 12.4 Å². The van der Waals surface area contributed by atoms with Gasteiger partial charge < -0.3 is 9.47 Å². The van der Waals surface area contributed by atoms with Crippen LogP contribution in [0.1, 0.15) is 15.9 Å². The molecule has 3 heteroatoms. The highest BCUT2D eigenvalue weighted by Crippen LogP contribution is 2.33. The largest absolute Gasteiger partial charge is 0.482 e. The average Bonchev–Trinajstić information content (AvgIpc) is 2.47. The Balaban J connectivity index is 1.89. The molecule has 19 heavy (non-hydrogen) atoms. The molecule has 0 amide bonds. The zero-order valence-corrected chi connectivity index (χ0v) is 10.2. The molecule has 2 aromatic carbocycles. The standard InChI is InChI=1S/C16H12O3/c17-10-13-6-7-15-16(9-13)19-14(11-18-15)8-12-4-2-1-3-5-12/h1-10H,11H2/b14-8-. The van der Waals surface area contributed by atoms with E-state index in [-0.39, 0.29) is 0 Å². The van der Waals surface area contributed by atoms with E-state index < -0.39 is 0 Å². The Labute approximate surface area is 111 Å². The van der Waals surface area contributed by atoms with Crippen LogP contribution in [-0.2, 0) is 0 Å². The summed E-state index contributed by atoms with van der Waals surface area (Å²) in [7, 11) is 0. The summed E-state index contributed by atoms with van der Waals surface area (Å²) in [6.45, 7) is 0.391. The first-order valence-corrected chi connectivity index (χ1v) is 6.01. The third-order valence-electron chi connectivity index (χ3n) is 2.84. The fraction of sp³-hybridized carbons (Fsp3) is 0.0625. The number of carbonyl (C=O) groups is 1. The van der Waals surface area contributed by atoms with Crippen LogP contribution in [0.4, 0.5) is 0 Å². The molecule has 1 heterocycles. The van der Waals surface area contributed by atoms with Crippen LogP contribution >= 0.6 is 0 Å². The van der Waals surface area contributed by atoms with Crippen molar-refractivity contribution in [3.05, 3.63) is 65.4 Å². The van der Waals surface area contributed by atoms with E-state index in [0.717, 1.165) is 17.6 Å². The average molecular weight is 252 g/mol. The van der Waals surface area contributed by atoms with E-state index in [0.29, 0.717) is 23.7 Å². The number of hydrogen-bond donors (Lipinski definition) is 0. The summed E-state index contributed by atoms with van der Waals surface area (Å²) < 4.78 is 11.4. The molecule has 0 atom stereocenters. The normalized spacial score (nSPS) is 15.3. The fourth-order valence-electron chi connectivity index (χ4n) is 1.92. The van der Waals surface area contributed by atoms with Crippen LogP contribution in [0.25, 0.3) is 6.08 Å². The topological polar surface area (TPSA) is 35.5 Å². The summed E-state index contributed by atoms with van der Waals surface area (Å²) in [5.74, 6) is 1.97. The molecule has 0 fully saturated rings. The van der Waals surface area contributed by atoms with Crippen LogP contribution in [0.3, 0.4) is 0 Å². The van der Waals surface area contributed by atoms with Crippen molar-refractivity contribution in [1.82, 2.24) is 0 Å². The first kappa shape index (κ1) is 11.5. The third kappa shape index (κ3) is 2.50. The molecule has 1 aliphatic rings. The molecule has 0 radical (unpaired) electrons. The maximum Gasteiger partial charge on any atom is 0.169 e. The molecule has 1 aliphatic heterocycles. The van der Waals surface area contributed by atoms with E-state index in [4.69, 9.17) is 9.47 Å². The number of aldehydes is 1. The van der Waals surface area contributed by atoms with E-state index in [1.54, 1.807) is 18.2 Å². The van der Waals surface area contributed by atoms with E-state index >= 15 is 0 Å². The van der Waals surface area contributed by atoms with Gasteiger partial charge in [-0.25, -0.2) is 0 Å². The predicted octanol–water partition coefficient (Wildman–Crippen LogP) is 3.31. The Kier molecular flexibility index (Phi) is 3.02. The first-order valence-electron chi connectivity index (χ1n) is 6.01. The molecule has 0 spiro atoms. The minimum absolute atomic E-state index is 0.391. The van der Waals surface area contributed by atoms with Crippen molar-refractivity contribution in [2.75, 3.05) is 6.61 Å². The highest BCUT2D eigenvalue weighted by atomic mass is 16.6. The second kappa shape index (κ2) is 4.98. The highest BCUT2D eigenvalue weighted by molar-refractivity contribution is 5.76. The molecule has 0 aromatic heterocycles. The summed E-state index contributed by atoms with van der Waals surface area (Å²) in [5, 5.41) is 0. The van der Waals surface area contributed by atoms with Gasteiger partial charge in [0.2, 0.25) is 0 Å². The van der Waals surface area contributed by atoms with Crippen molar-refractivity contribution < 1.29 is 14.3 Å². The van der Waals surface area contributed by atoms with Crippen molar-refractivity contribution in [2.45, 2.75) is 0 Å². The summed E-state index contributed by atoms with van der Waals surface area (Å²) in [6.07, 6.45) is 2.72. The Hall–Kier alpha value is -2.55. The minimum atomic E-state index is 0.391. The zero-order chi connectivity index (χ0) is 13.1. The lowest BCUT2D eigenvalue weighted by Gasteiger charge is -2.20. The number of carbonyl (C=O) groups excluding carboxylic acids is 1. The van der Waals surface area contributed by atoms with Crippen LogP contribution < -0.4 is 9.47 Å². The van der Waals surface area contributed by atoms with Crippen LogP contribution in [-0.4, -0.2) is 12.9 Å². The number of rotatable bonds is 2. The minimum Gasteiger partial charge on any atom is -0.482 e. The lowest BCUT2D eigenvalue weighted by atomic mass is 10.2. The lowest BCUT2D eigenvalue weighted by molar-refractivity contribution is 0.112. The number of hydrogen-bond acceptors (Lipinski definition) is 3.